The molecule has 1 saturated heterocycles. The Kier molecular flexibility index (Phi) is 3.96. The number of hydrogen-bond acceptors (Lipinski definition) is 3. The zero-order valence-corrected chi connectivity index (χ0v) is 12.6. The standard InChI is InChI=1S/C17H19N3O2/c1-18-9-5-8-15(18)16(21)17(22)20-12-10-19(11-13-20)14-6-3-2-4-7-14/h2-9H,10-13H2,1H3. The Balaban J connectivity index is 1.63. The van der Waals surface area contributed by atoms with Gasteiger partial charge in [-0.1, -0.05) is 18.2 Å². The highest BCUT2D eigenvalue weighted by Gasteiger charge is 2.27. The van der Waals surface area contributed by atoms with E-state index in [4.69, 9.17) is 0 Å². The van der Waals surface area contributed by atoms with Crippen molar-refractivity contribution in [3.05, 3.63) is 54.4 Å². The number of amides is 1. The molecule has 0 aliphatic carbocycles. The minimum Gasteiger partial charge on any atom is -0.368 e. The van der Waals surface area contributed by atoms with Gasteiger partial charge in [0.05, 0.1) is 5.69 Å². The monoisotopic (exact) mass is 297 g/mol. The van der Waals surface area contributed by atoms with E-state index in [9.17, 15) is 9.59 Å². The Hall–Kier alpha value is -2.56. The second kappa shape index (κ2) is 6.05. The number of nitrogens with zero attached hydrogens (tertiary/aromatic N) is 3. The van der Waals surface area contributed by atoms with Crippen LogP contribution in [0.1, 0.15) is 10.5 Å². The molecule has 1 amide bonds. The van der Waals surface area contributed by atoms with Crippen LogP contribution in [0.4, 0.5) is 5.69 Å². The largest absolute Gasteiger partial charge is 0.368 e. The molecule has 3 rings (SSSR count). The van der Waals surface area contributed by atoms with Gasteiger partial charge in [-0.15, -0.1) is 0 Å². The maximum Gasteiger partial charge on any atom is 0.296 e. The summed E-state index contributed by atoms with van der Waals surface area (Å²) in [6.07, 6.45) is 1.77. The number of para-hydroxylation sites is 1. The summed E-state index contributed by atoms with van der Waals surface area (Å²) in [5.74, 6) is -0.838. The SMILES string of the molecule is Cn1cccc1C(=O)C(=O)N1CCN(c2ccccc2)CC1. The summed E-state index contributed by atoms with van der Waals surface area (Å²) in [4.78, 5) is 28.5. The summed E-state index contributed by atoms with van der Waals surface area (Å²) in [5, 5.41) is 0. The molecule has 5 nitrogen and oxygen atoms in total. The molecule has 1 fully saturated rings. The number of aromatic nitrogens is 1. The van der Waals surface area contributed by atoms with Crippen LogP contribution in [0.3, 0.4) is 0 Å². The van der Waals surface area contributed by atoms with E-state index in [1.807, 2.05) is 18.2 Å². The molecule has 0 bridgehead atoms. The molecule has 114 valence electrons. The fourth-order valence-corrected chi connectivity index (χ4v) is 2.76. The third-order valence-electron chi connectivity index (χ3n) is 4.06. The summed E-state index contributed by atoms with van der Waals surface area (Å²) in [5.41, 5.74) is 1.60. The predicted molar refractivity (Wildman–Crippen MR) is 85.0 cm³/mol. The van der Waals surface area contributed by atoms with Gasteiger partial charge in [-0.3, -0.25) is 9.59 Å². The third-order valence-corrected chi connectivity index (χ3v) is 4.06. The van der Waals surface area contributed by atoms with Crippen molar-refractivity contribution in [3.63, 3.8) is 0 Å². The number of ketones is 1. The van der Waals surface area contributed by atoms with Crippen LogP contribution in [-0.4, -0.2) is 47.3 Å². The molecule has 22 heavy (non-hydrogen) atoms. The second-order valence-electron chi connectivity index (χ2n) is 5.45. The van der Waals surface area contributed by atoms with Gasteiger partial charge in [-0.2, -0.15) is 0 Å². The van der Waals surface area contributed by atoms with Crippen LogP contribution in [0, 0.1) is 0 Å². The smallest absolute Gasteiger partial charge is 0.296 e. The molecule has 1 aliphatic rings. The zero-order chi connectivity index (χ0) is 15.5. The number of hydrogen-bond donors (Lipinski definition) is 0. The molecule has 0 saturated carbocycles. The van der Waals surface area contributed by atoms with Crippen molar-refractivity contribution in [3.8, 4) is 0 Å². The van der Waals surface area contributed by atoms with E-state index in [2.05, 4.69) is 17.0 Å². The topological polar surface area (TPSA) is 45.6 Å². The average molecular weight is 297 g/mol. The first-order chi connectivity index (χ1) is 10.7. The van der Waals surface area contributed by atoms with Crippen molar-refractivity contribution in [2.45, 2.75) is 0 Å². The number of Topliss-reactive ketones (excluding diaryl/α,β-unsaturated/α-hetero) is 1. The summed E-state index contributed by atoms with van der Waals surface area (Å²) in [6, 6.07) is 13.6. The number of anilines is 1. The quantitative estimate of drug-likeness (QED) is 0.638. The number of carbonyl (C=O) groups is 2. The van der Waals surface area contributed by atoms with Crippen LogP contribution in [0.15, 0.2) is 48.7 Å². The van der Waals surface area contributed by atoms with E-state index in [0.717, 1.165) is 18.8 Å². The molecular weight excluding hydrogens is 278 g/mol. The second-order valence-corrected chi connectivity index (χ2v) is 5.45. The minimum atomic E-state index is -0.430. The molecule has 0 spiro atoms. The van der Waals surface area contributed by atoms with Crippen LogP contribution >= 0.6 is 0 Å². The van der Waals surface area contributed by atoms with Crippen LogP contribution in [0.5, 0.6) is 0 Å². The highest BCUT2D eigenvalue weighted by molar-refractivity contribution is 6.42. The Bertz CT molecular complexity index is 670. The Labute approximate surface area is 129 Å². The lowest BCUT2D eigenvalue weighted by molar-refractivity contribution is -0.126. The average Bonchev–Trinajstić information content (AvgIpc) is 3.00. The van der Waals surface area contributed by atoms with E-state index in [1.165, 1.54) is 0 Å². The van der Waals surface area contributed by atoms with Gasteiger partial charge in [0.15, 0.2) is 0 Å². The van der Waals surface area contributed by atoms with Crippen LogP contribution in [0.25, 0.3) is 0 Å². The minimum absolute atomic E-state index is 0.408. The fourth-order valence-electron chi connectivity index (χ4n) is 2.76. The Morgan fingerprint density at radius 1 is 0.909 bits per heavy atom. The van der Waals surface area contributed by atoms with Gasteiger partial charge in [-0.25, -0.2) is 0 Å². The lowest BCUT2D eigenvalue weighted by Gasteiger charge is -2.35. The molecule has 2 aromatic rings. The molecule has 0 unspecified atom stereocenters. The lowest BCUT2D eigenvalue weighted by Crippen LogP contribution is -2.50. The van der Waals surface area contributed by atoms with Crippen molar-refractivity contribution in [2.24, 2.45) is 7.05 Å². The van der Waals surface area contributed by atoms with E-state index in [1.54, 1.807) is 34.8 Å². The highest BCUT2D eigenvalue weighted by Crippen LogP contribution is 2.16. The number of aryl methyl sites for hydroxylation is 1. The first kappa shape index (κ1) is 14.4. The van der Waals surface area contributed by atoms with Gasteiger partial charge in [0, 0.05) is 45.1 Å². The fraction of sp³-hybridized carbons (Fsp3) is 0.294. The summed E-state index contributed by atoms with van der Waals surface area (Å²) in [7, 11) is 1.77. The van der Waals surface area contributed by atoms with Gasteiger partial charge in [0.2, 0.25) is 0 Å². The van der Waals surface area contributed by atoms with Crippen LogP contribution in [0.2, 0.25) is 0 Å². The van der Waals surface area contributed by atoms with Crippen molar-refractivity contribution in [2.75, 3.05) is 31.1 Å². The van der Waals surface area contributed by atoms with Crippen molar-refractivity contribution >= 4 is 17.4 Å². The molecule has 0 atom stereocenters. The molecule has 2 heterocycles. The van der Waals surface area contributed by atoms with Crippen molar-refractivity contribution in [1.29, 1.82) is 0 Å². The lowest BCUT2D eigenvalue weighted by atomic mass is 10.2. The van der Waals surface area contributed by atoms with Gasteiger partial charge in [-0.05, 0) is 24.3 Å². The van der Waals surface area contributed by atoms with Gasteiger partial charge < -0.3 is 14.4 Å². The summed E-state index contributed by atoms with van der Waals surface area (Å²) >= 11 is 0. The molecule has 1 aromatic heterocycles. The van der Waals surface area contributed by atoms with Gasteiger partial charge >= 0.3 is 0 Å². The number of piperazine rings is 1. The van der Waals surface area contributed by atoms with Crippen LogP contribution < -0.4 is 4.90 Å². The maximum absolute atomic E-state index is 12.3. The molecule has 1 aliphatic heterocycles. The molecular formula is C17H19N3O2. The molecule has 0 N–H and O–H groups in total. The van der Waals surface area contributed by atoms with E-state index in [-0.39, 0.29) is 0 Å². The first-order valence-corrected chi connectivity index (χ1v) is 7.42. The number of carbonyl (C=O) groups excluding carboxylic acids is 2. The predicted octanol–water partition coefficient (Wildman–Crippen LogP) is 1.56. The number of rotatable bonds is 3. The van der Waals surface area contributed by atoms with Gasteiger partial charge in [0.1, 0.15) is 0 Å². The molecule has 5 heteroatoms. The summed E-state index contributed by atoms with van der Waals surface area (Å²) < 4.78 is 1.68. The molecule has 1 aromatic carbocycles. The molecule has 0 radical (unpaired) electrons. The Morgan fingerprint density at radius 3 is 2.18 bits per heavy atom. The number of benzene rings is 1. The zero-order valence-electron chi connectivity index (χ0n) is 12.6. The normalized spacial score (nSPS) is 15.0. The van der Waals surface area contributed by atoms with E-state index < -0.39 is 11.7 Å². The third kappa shape index (κ3) is 2.74. The van der Waals surface area contributed by atoms with E-state index >= 15 is 0 Å². The Morgan fingerprint density at radius 2 is 1.59 bits per heavy atom. The van der Waals surface area contributed by atoms with Crippen molar-refractivity contribution in [1.82, 2.24) is 9.47 Å². The maximum atomic E-state index is 12.3. The highest BCUT2D eigenvalue weighted by atomic mass is 16.2. The summed E-state index contributed by atoms with van der Waals surface area (Å²) in [6.45, 7) is 2.64. The first-order valence-electron chi connectivity index (χ1n) is 7.42. The van der Waals surface area contributed by atoms with Crippen LogP contribution in [-0.2, 0) is 11.8 Å². The van der Waals surface area contributed by atoms with Gasteiger partial charge in [0.25, 0.3) is 11.7 Å². The van der Waals surface area contributed by atoms with E-state index in [0.29, 0.717) is 18.8 Å². The van der Waals surface area contributed by atoms with Crippen molar-refractivity contribution < 1.29 is 9.59 Å².